The molecule has 0 saturated heterocycles. The summed E-state index contributed by atoms with van der Waals surface area (Å²) < 4.78 is 0. The van der Waals surface area contributed by atoms with Gasteiger partial charge in [0.05, 0.1) is 17.0 Å². The minimum Gasteiger partial charge on any atom is -0.324 e. The summed E-state index contributed by atoms with van der Waals surface area (Å²) in [6.07, 6.45) is 1.33. The first-order chi connectivity index (χ1) is 11.7. The highest BCUT2D eigenvalue weighted by Crippen LogP contribution is 2.35. The van der Waals surface area contributed by atoms with Crippen molar-refractivity contribution in [1.82, 2.24) is 9.97 Å². The normalized spacial score (nSPS) is 16.7. The van der Waals surface area contributed by atoms with E-state index in [2.05, 4.69) is 26.7 Å². The van der Waals surface area contributed by atoms with Crippen LogP contribution in [0.15, 0.2) is 47.8 Å². The third kappa shape index (κ3) is 2.83. The Bertz CT molecular complexity index is 875. The number of para-hydroxylation sites is 1. The quantitative estimate of drug-likeness (QED) is 0.765. The summed E-state index contributed by atoms with van der Waals surface area (Å²) >= 11 is 1.71. The van der Waals surface area contributed by atoms with Gasteiger partial charge in [-0.25, -0.2) is 9.97 Å². The molecule has 0 fully saturated rings. The summed E-state index contributed by atoms with van der Waals surface area (Å²) in [4.78, 5) is 23.0. The van der Waals surface area contributed by atoms with Crippen LogP contribution in [-0.4, -0.2) is 15.8 Å². The lowest BCUT2D eigenvalue weighted by atomic mass is 9.84. The van der Waals surface area contributed by atoms with Gasteiger partial charge >= 0.3 is 0 Å². The second-order valence-electron chi connectivity index (χ2n) is 5.99. The van der Waals surface area contributed by atoms with E-state index in [0.717, 1.165) is 23.5 Å². The number of Topliss-reactive ketones (excluding diaryl/α,β-unsaturated/α-hetero) is 1. The van der Waals surface area contributed by atoms with E-state index in [1.54, 1.807) is 11.3 Å². The number of rotatable bonds is 3. The molecular formula is C19H17N3OS. The maximum atomic E-state index is 12.6. The van der Waals surface area contributed by atoms with Gasteiger partial charge in [0, 0.05) is 22.9 Å². The van der Waals surface area contributed by atoms with Crippen molar-refractivity contribution in [3.05, 3.63) is 69.7 Å². The second-order valence-corrected chi connectivity index (χ2v) is 6.97. The number of nitrogens with one attached hydrogen (secondary N) is 1. The molecule has 4 nitrogen and oxygen atoms in total. The highest BCUT2D eigenvalue weighted by atomic mass is 32.1. The van der Waals surface area contributed by atoms with Crippen LogP contribution < -0.4 is 5.32 Å². The Morgan fingerprint density at radius 1 is 1.08 bits per heavy atom. The molecule has 2 heterocycles. The fraction of sp³-hybridized carbons (Fsp3) is 0.211. The molecule has 24 heavy (non-hydrogen) atoms. The van der Waals surface area contributed by atoms with Gasteiger partial charge in [-0.05, 0) is 36.9 Å². The van der Waals surface area contributed by atoms with Crippen LogP contribution >= 0.6 is 11.3 Å². The number of nitrogens with zero attached hydrogens (tertiary/aromatic N) is 2. The Labute approximate surface area is 144 Å². The molecule has 0 spiro atoms. The molecule has 120 valence electrons. The van der Waals surface area contributed by atoms with Crippen LogP contribution in [-0.2, 0) is 6.42 Å². The molecule has 1 atom stereocenters. The first-order valence-corrected chi connectivity index (χ1v) is 8.85. The van der Waals surface area contributed by atoms with E-state index in [1.165, 1.54) is 4.88 Å². The third-order valence-electron chi connectivity index (χ3n) is 4.29. The number of anilines is 2. The lowest BCUT2D eigenvalue weighted by Crippen LogP contribution is -2.22. The molecule has 3 aromatic rings. The molecule has 0 amide bonds. The average molecular weight is 335 g/mol. The Morgan fingerprint density at radius 2 is 1.92 bits per heavy atom. The van der Waals surface area contributed by atoms with Gasteiger partial charge in [0.1, 0.15) is 0 Å². The molecule has 0 radical (unpaired) electrons. The topological polar surface area (TPSA) is 54.9 Å². The molecule has 0 aliphatic heterocycles. The zero-order valence-corrected chi connectivity index (χ0v) is 14.1. The maximum absolute atomic E-state index is 12.6. The first kappa shape index (κ1) is 15.0. The van der Waals surface area contributed by atoms with Gasteiger partial charge in [-0.2, -0.15) is 0 Å². The van der Waals surface area contributed by atoms with Gasteiger partial charge in [-0.15, -0.1) is 11.3 Å². The molecule has 0 saturated carbocycles. The monoisotopic (exact) mass is 335 g/mol. The van der Waals surface area contributed by atoms with Crippen molar-refractivity contribution in [2.45, 2.75) is 25.7 Å². The Kier molecular flexibility index (Phi) is 3.86. The lowest BCUT2D eigenvalue weighted by molar-refractivity contribution is 0.0962. The Hall–Kier alpha value is -2.53. The van der Waals surface area contributed by atoms with Gasteiger partial charge in [-0.1, -0.05) is 24.3 Å². The van der Waals surface area contributed by atoms with Crippen LogP contribution in [0.2, 0.25) is 0 Å². The van der Waals surface area contributed by atoms with Gasteiger partial charge in [0.25, 0.3) is 0 Å². The molecule has 0 bridgehead atoms. The fourth-order valence-corrected chi connectivity index (χ4v) is 4.04. The van der Waals surface area contributed by atoms with Crippen LogP contribution in [0.3, 0.4) is 0 Å². The van der Waals surface area contributed by atoms with E-state index in [4.69, 9.17) is 0 Å². The van der Waals surface area contributed by atoms with Crippen LogP contribution in [0, 0.1) is 6.92 Å². The molecule has 4 rings (SSSR count). The van der Waals surface area contributed by atoms with Crippen LogP contribution in [0.4, 0.5) is 11.6 Å². The van der Waals surface area contributed by atoms with Crippen molar-refractivity contribution < 1.29 is 4.79 Å². The highest BCUT2D eigenvalue weighted by Gasteiger charge is 2.30. The predicted octanol–water partition coefficient (Wildman–Crippen LogP) is 4.50. The van der Waals surface area contributed by atoms with Crippen molar-refractivity contribution >= 4 is 28.8 Å². The van der Waals surface area contributed by atoms with E-state index >= 15 is 0 Å². The maximum Gasteiger partial charge on any atom is 0.227 e. The molecule has 1 aromatic carbocycles. The summed E-state index contributed by atoms with van der Waals surface area (Å²) in [6, 6.07) is 14.0. The molecule has 5 heteroatoms. The summed E-state index contributed by atoms with van der Waals surface area (Å²) in [5.41, 5.74) is 3.26. The number of carbonyl (C=O) groups is 1. The number of benzene rings is 1. The zero-order chi connectivity index (χ0) is 16.5. The van der Waals surface area contributed by atoms with E-state index in [9.17, 15) is 4.79 Å². The number of hydrogen-bond acceptors (Lipinski definition) is 5. The number of aromatic nitrogens is 2. The summed E-state index contributed by atoms with van der Waals surface area (Å²) in [5, 5.41) is 5.29. The van der Waals surface area contributed by atoms with Crippen LogP contribution in [0.25, 0.3) is 0 Å². The van der Waals surface area contributed by atoms with Crippen LogP contribution in [0.5, 0.6) is 0 Å². The van der Waals surface area contributed by atoms with Crippen molar-refractivity contribution in [2.75, 3.05) is 5.32 Å². The summed E-state index contributed by atoms with van der Waals surface area (Å²) in [7, 11) is 0. The number of aryl methyl sites for hydroxylation is 1. The minimum atomic E-state index is 0.151. The molecule has 0 unspecified atom stereocenters. The number of thiophene rings is 1. The first-order valence-electron chi connectivity index (χ1n) is 7.97. The summed E-state index contributed by atoms with van der Waals surface area (Å²) in [5.74, 6) is 0.930. The van der Waals surface area contributed by atoms with Gasteiger partial charge in [-0.3, -0.25) is 4.79 Å². The number of fused-ring (bicyclic) bond motifs is 1. The van der Waals surface area contributed by atoms with E-state index in [0.29, 0.717) is 17.9 Å². The van der Waals surface area contributed by atoms with Gasteiger partial charge in [0.15, 0.2) is 5.78 Å². The Morgan fingerprint density at radius 3 is 2.67 bits per heavy atom. The zero-order valence-electron chi connectivity index (χ0n) is 13.3. The SMILES string of the molecule is Cc1nc(Nc2ccccc2)nc2c1C(=O)C[C@H](c1cccs1)C2. The highest BCUT2D eigenvalue weighted by molar-refractivity contribution is 7.10. The van der Waals surface area contributed by atoms with Gasteiger partial charge in [0.2, 0.25) is 5.95 Å². The number of carbonyl (C=O) groups excluding carboxylic acids is 1. The van der Waals surface area contributed by atoms with E-state index < -0.39 is 0 Å². The van der Waals surface area contributed by atoms with Crippen molar-refractivity contribution in [2.24, 2.45) is 0 Å². The standard InChI is InChI=1S/C19H17N3OS/c1-12-18-15(10-13(11-16(18)23)17-8-5-9-24-17)22-19(20-12)21-14-6-3-2-4-7-14/h2-9,13H,10-11H2,1H3,(H,20,21,22)/t13-/m1/s1. The lowest BCUT2D eigenvalue weighted by Gasteiger charge is -2.23. The fourth-order valence-electron chi connectivity index (χ4n) is 3.21. The predicted molar refractivity (Wildman–Crippen MR) is 96.2 cm³/mol. The molecule has 1 N–H and O–H groups in total. The molecule has 1 aliphatic rings. The van der Waals surface area contributed by atoms with Crippen molar-refractivity contribution in [1.29, 1.82) is 0 Å². The van der Waals surface area contributed by atoms with Crippen molar-refractivity contribution in [3.63, 3.8) is 0 Å². The molecule has 2 aromatic heterocycles. The van der Waals surface area contributed by atoms with E-state index in [1.807, 2.05) is 43.3 Å². The molecule has 1 aliphatic carbocycles. The molecular weight excluding hydrogens is 318 g/mol. The second kappa shape index (κ2) is 6.17. The van der Waals surface area contributed by atoms with E-state index in [-0.39, 0.29) is 11.7 Å². The number of hydrogen-bond donors (Lipinski definition) is 1. The van der Waals surface area contributed by atoms with Gasteiger partial charge < -0.3 is 5.32 Å². The van der Waals surface area contributed by atoms with Crippen LogP contribution in [0.1, 0.15) is 39.0 Å². The number of ketones is 1. The summed E-state index contributed by atoms with van der Waals surface area (Å²) in [6.45, 7) is 1.89. The Balaban J connectivity index is 1.68. The largest absolute Gasteiger partial charge is 0.324 e. The third-order valence-corrected chi connectivity index (χ3v) is 5.33. The van der Waals surface area contributed by atoms with Crippen molar-refractivity contribution in [3.8, 4) is 0 Å². The minimum absolute atomic E-state index is 0.151. The average Bonchev–Trinajstić information content (AvgIpc) is 3.09. The smallest absolute Gasteiger partial charge is 0.227 e.